The lowest BCUT2D eigenvalue weighted by atomic mass is 10.1. The van der Waals surface area contributed by atoms with Gasteiger partial charge in [0.15, 0.2) is 0 Å². The van der Waals surface area contributed by atoms with Crippen LogP contribution in [-0.2, 0) is 0 Å². The predicted molar refractivity (Wildman–Crippen MR) is 56.9 cm³/mol. The third-order valence-corrected chi connectivity index (χ3v) is 2.64. The molecule has 1 aromatic heterocycles. The van der Waals surface area contributed by atoms with Crippen molar-refractivity contribution in [1.82, 2.24) is 4.98 Å². The molecule has 0 spiro atoms. The Morgan fingerprint density at radius 1 is 1.29 bits per heavy atom. The Hall–Kier alpha value is -1.35. The maximum atomic E-state index is 5.53. The molecule has 0 bridgehead atoms. The zero-order valence-corrected chi connectivity index (χ0v) is 8.89. The molecule has 3 heteroatoms. The number of aromatic nitrogens is 1. The minimum Gasteiger partial charge on any atom is -0.431 e. The molecule has 0 aliphatic heterocycles. The second kappa shape index (κ2) is 3.80. The summed E-state index contributed by atoms with van der Waals surface area (Å²) in [4.78, 5) is 4.00. The topological polar surface area (TPSA) is 22.1 Å². The Balaban J connectivity index is 2.22. The van der Waals surface area contributed by atoms with Crippen LogP contribution < -0.4 is 4.74 Å². The number of ether oxygens (including phenoxy) is 1. The van der Waals surface area contributed by atoms with Crippen molar-refractivity contribution in [2.24, 2.45) is 0 Å². The highest BCUT2D eigenvalue weighted by Gasteiger charge is 2.00. The fourth-order valence-electron chi connectivity index (χ4n) is 1.11. The van der Waals surface area contributed by atoms with E-state index in [1.54, 1.807) is 6.20 Å². The summed E-state index contributed by atoms with van der Waals surface area (Å²) in [5.41, 5.74) is 2.49. The Kier molecular flexibility index (Phi) is 2.50. The van der Waals surface area contributed by atoms with Gasteiger partial charge in [0.25, 0.3) is 5.19 Å². The number of rotatable bonds is 2. The summed E-state index contributed by atoms with van der Waals surface area (Å²) in [5, 5.41) is 3.51. The van der Waals surface area contributed by atoms with Gasteiger partial charge in [0.05, 0.1) is 11.6 Å². The highest BCUT2D eigenvalue weighted by atomic mass is 32.1. The molecule has 2 nitrogen and oxygen atoms in total. The number of thiazole rings is 1. The quantitative estimate of drug-likeness (QED) is 0.748. The Bertz CT molecular complexity index is 423. The maximum absolute atomic E-state index is 5.53. The maximum Gasteiger partial charge on any atom is 0.279 e. The molecule has 14 heavy (non-hydrogen) atoms. The van der Waals surface area contributed by atoms with Gasteiger partial charge in [-0.2, -0.15) is 0 Å². The van der Waals surface area contributed by atoms with Gasteiger partial charge < -0.3 is 4.74 Å². The van der Waals surface area contributed by atoms with E-state index in [2.05, 4.69) is 24.2 Å². The van der Waals surface area contributed by atoms with Crippen molar-refractivity contribution < 1.29 is 4.74 Å². The summed E-state index contributed by atoms with van der Waals surface area (Å²) < 4.78 is 5.53. The standard InChI is InChI=1S/C11H10NOS/c1-8-3-4-10(7-9(8)2)13-11-12-5-6-14-11/h3-5,7H,1-2H3. The summed E-state index contributed by atoms with van der Waals surface area (Å²) in [6, 6.07) is 6.00. The molecule has 0 amide bonds. The van der Waals surface area contributed by atoms with Crippen LogP contribution >= 0.6 is 11.3 Å². The van der Waals surface area contributed by atoms with Gasteiger partial charge in [-0.3, -0.25) is 0 Å². The Labute approximate surface area is 87.2 Å². The highest BCUT2D eigenvalue weighted by Crippen LogP contribution is 2.24. The van der Waals surface area contributed by atoms with Crippen molar-refractivity contribution in [1.29, 1.82) is 0 Å². The molecule has 1 radical (unpaired) electrons. The third kappa shape index (κ3) is 1.93. The third-order valence-electron chi connectivity index (χ3n) is 2.05. The second-order valence-electron chi connectivity index (χ2n) is 3.09. The van der Waals surface area contributed by atoms with Crippen LogP contribution in [0.2, 0.25) is 0 Å². The van der Waals surface area contributed by atoms with Crippen molar-refractivity contribution in [3.05, 3.63) is 40.9 Å². The number of hydrogen-bond donors (Lipinski definition) is 0. The molecular weight excluding hydrogens is 194 g/mol. The monoisotopic (exact) mass is 204 g/mol. The molecule has 1 aromatic carbocycles. The smallest absolute Gasteiger partial charge is 0.279 e. The molecule has 0 saturated heterocycles. The highest BCUT2D eigenvalue weighted by molar-refractivity contribution is 7.10. The number of hydrogen-bond acceptors (Lipinski definition) is 3. The van der Waals surface area contributed by atoms with Gasteiger partial charge in [0.2, 0.25) is 0 Å². The van der Waals surface area contributed by atoms with Crippen LogP contribution in [0.25, 0.3) is 0 Å². The lowest BCUT2D eigenvalue weighted by Gasteiger charge is -2.04. The fraction of sp³-hybridized carbons (Fsp3) is 0.182. The van der Waals surface area contributed by atoms with E-state index in [1.807, 2.05) is 18.2 Å². The Morgan fingerprint density at radius 3 is 2.79 bits per heavy atom. The number of benzene rings is 1. The first kappa shape index (κ1) is 9.21. The molecule has 2 rings (SSSR count). The van der Waals surface area contributed by atoms with Crippen molar-refractivity contribution in [3.63, 3.8) is 0 Å². The second-order valence-corrected chi connectivity index (χ2v) is 3.88. The van der Waals surface area contributed by atoms with E-state index in [9.17, 15) is 0 Å². The summed E-state index contributed by atoms with van der Waals surface area (Å²) in [6.07, 6.45) is 1.61. The fourth-order valence-corrected chi connectivity index (χ4v) is 1.56. The average Bonchev–Trinajstić information content (AvgIpc) is 2.64. The summed E-state index contributed by atoms with van der Waals surface area (Å²) in [7, 11) is 0. The molecule has 0 saturated carbocycles. The van der Waals surface area contributed by atoms with E-state index < -0.39 is 0 Å². The molecule has 0 aliphatic rings. The first-order valence-corrected chi connectivity index (χ1v) is 5.14. The minimum absolute atomic E-state index is 0.633. The van der Waals surface area contributed by atoms with Gasteiger partial charge in [-0.15, -0.1) is 0 Å². The van der Waals surface area contributed by atoms with E-state index in [4.69, 9.17) is 4.74 Å². The van der Waals surface area contributed by atoms with Crippen LogP contribution in [0.15, 0.2) is 24.4 Å². The van der Waals surface area contributed by atoms with Gasteiger partial charge >= 0.3 is 0 Å². The number of nitrogens with zero attached hydrogens (tertiary/aromatic N) is 1. The van der Waals surface area contributed by atoms with E-state index in [-0.39, 0.29) is 0 Å². The molecule has 0 fully saturated rings. The first-order valence-electron chi connectivity index (χ1n) is 4.33. The van der Waals surface area contributed by atoms with Crippen LogP contribution in [0.1, 0.15) is 11.1 Å². The zero-order valence-electron chi connectivity index (χ0n) is 8.07. The van der Waals surface area contributed by atoms with Crippen LogP contribution in [-0.4, -0.2) is 4.98 Å². The predicted octanol–water partition coefficient (Wildman–Crippen LogP) is 3.35. The normalized spacial score (nSPS) is 10.1. The van der Waals surface area contributed by atoms with Crippen molar-refractivity contribution in [2.75, 3.05) is 0 Å². The summed E-state index contributed by atoms with van der Waals surface area (Å²) >= 11 is 1.37. The largest absolute Gasteiger partial charge is 0.431 e. The van der Waals surface area contributed by atoms with E-state index in [0.29, 0.717) is 5.19 Å². The molecule has 71 valence electrons. The van der Waals surface area contributed by atoms with Crippen LogP contribution in [0, 0.1) is 19.2 Å². The molecule has 2 aromatic rings. The van der Waals surface area contributed by atoms with Crippen molar-refractivity contribution in [3.8, 4) is 10.9 Å². The lowest BCUT2D eigenvalue weighted by molar-refractivity contribution is 0.478. The Morgan fingerprint density at radius 2 is 2.14 bits per heavy atom. The average molecular weight is 204 g/mol. The molecule has 0 N–H and O–H groups in total. The van der Waals surface area contributed by atoms with E-state index >= 15 is 0 Å². The van der Waals surface area contributed by atoms with Crippen molar-refractivity contribution in [2.45, 2.75) is 13.8 Å². The minimum atomic E-state index is 0.633. The van der Waals surface area contributed by atoms with Gasteiger partial charge in [0, 0.05) is 0 Å². The van der Waals surface area contributed by atoms with Crippen LogP contribution in [0.4, 0.5) is 0 Å². The summed E-state index contributed by atoms with van der Waals surface area (Å²) in [5.74, 6) is 0.830. The van der Waals surface area contributed by atoms with E-state index in [0.717, 1.165) is 5.75 Å². The molecule has 0 aliphatic carbocycles. The van der Waals surface area contributed by atoms with Gasteiger partial charge in [-0.05, 0) is 37.1 Å². The van der Waals surface area contributed by atoms with E-state index in [1.165, 1.54) is 22.5 Å². The lowest BCUT2D eigenvalue weighted by Crippen LogP contribution is -1.85. The number of aryl methyl sites for hydroxylation is 2. The van der Waals surface area contributed by atoms with Crippen LogP contribution in [0.3, 0.4) is 0 Å². The molecule has 0 unspecified atom stereocenters. The first-order chi connectivity index (χ1) is 6.75. The van der Waals surface area contributed by atoms with Crippen molar-refractivity contribution >= 4 is 11.3 Å². The van der Waals surface area contributed by atoms with Gasteiger partial charge in [-0.25, -0.2) is 4.98 Å². The molecule has 1 heterocycles. The molecule has 0 atom stereocenters. The SMILES string of the molecule is Cc1ccc(Oc2nc[c]s2)cc1C. The van der Waals surface area contributed by atoms with Gasteiger partial charge in [0.1, 0.15) is 5.75 Å². The zero-order chi connectivity index (χ0) is 9.97. The summed E-state index contributed by atoms with van der Waals surface area (Å²) in [6.45, 7) is 4.15. The van der Waals surface area contributed by atoms with Gasteiger partial charge in [-0.1, -0.05) is 17.4 Å². The van der Waals surface area contributed by atoms with Crippen LogP contribution in [0.5, 0.6) is 10.9 Å². The molecular formula is C11H10NOS.